The number of ether oxygens (including phenoxy) is 1. The van der Waals surface area contributed by atoms with E-state index in [1.54, 1.807) is 0 Å². The maximum atomic E-state index is 13.0. The second kappa shape index (κ2) is 5.78. The lowest BCUT2D eigenvalue weighted by Crippen LogP contribution is -2.34. The lowest BCUT2D eigenvalue weighted by atomic mass is 9.74. The first-order valence-electron chi connectivity index (χ1n) is 7.42. The molecule has 0 fully saturated rings. The van der Waals surface area contributed by atoms with Crippen LogP contribution in [0.4, 0.5) is 13.2 Å². The highest BCUT2D eigenvalue weighted by Crippen LogP contribution is 2.44. The van der Waals surface area contributed by atoms with Gasteiger partial charge in [-0.15, -0.1) is 0 Å². The number of nitrogens with zero attached hydrogens (tertiary/aromatic N) is 1. The van der Waals surface area contributed by atoms with Crippen LogP contribution in [0.1, 0.15) is 36.3 Å². The predicted molar refractivity (Wildman–Crippen MR) is 78.0 cm³/mol. The van der Waals surface area contributed by atoms with Crippen molar-refractivity contribution in [3.05, 3.63) is 46.7 Å². The van der Waals surface area contributed by atoms with Crippen LogP contribution in [0.3, 0.4) is 0 Å². The average Bonchev–Trinajstić information content (AvgIpc) is 2.53. The summed E-state index contributed by atoms with van der Waals surface area (Å²) >= 11 is 0. The third-order valence-corrected chi connectivity index (χ3v) is 4.28. The minimum absolute atomic E-state index is 0.201. The number of nitrogens with one attached hydrogen (secondary N) is 1. The molecule has 1 aliphatic carbocycles. The number of carbonyl (C=O) groups excluding carboxylic acids is 1. The van der Waals surface area contributed by atoms with Crippen molar-refractivity contribution >= 4 is 11.7 Å². The number of carbonyl (C=O) groups is 1. The third-order valence-electron chi connectivity index (χ3n) is 4.28. The van der Waals surface area contributed by atoms with E-state index in [9.17, 15) is 23.2 Å². The van der Waals surface area contributed by atoms with Crippen molar-refractivity contribution in [2.24, 2.45) is 5.92 Å². The van der Waals surface area contributed by atoms with E-state index < -0.39 is 23.6 Å². The number of ketones is 1. The summed E-state index contributed by atoms with van der Waals surface area (Å²) in [6.45, 7) is 0. The minimum Gasteiger partial charge on any atom is -0.446 e. The molecule has 24 heavy (non-hydrogen) atoms. The molecule has 1 N–H and O–H groups in total. The maximum Gasteiger partial charge on any atom is 0.416 e. The van der Waals surface area contributed by atoms with Crippen LogP contribution in [-0.4, -0.2) is 11.7 Å². The highest BCUT2D eigenvalue weighted by Gasteiger charge is 2.43. The number of rotatable bonds is 1. The van der Waals surface area contributed by atoms with E-state index in [0.717, 1.165) is 12.1 Å². The van der Waals surface area contributed by atoms with Crippen LogP contribution in [0.25, 0.3) is 0 Å². The first kappa shape index (κ1) is 16.2. The second-order valence-corrected chi connectivity index (χ2v) is 5.79. The van der Waals surface area contributed by atoms with E-state index in [0.29, 0.717) is 18.6 Å². The van der Waals surface area contributed by atoms with Crippen LogP contribution in [0.2, 0.25) is 0 Å². The molecule has 0 spiro atoms. The third kappa shape index (κ3) is 2.68. The van der Waals surface area contributed by atoms with Gasteiger partial charge in [0.05, 0.1) is 11.6 Å². The summed E-state index contributed by atoms with van der Waals surface area (Å²) in [5.74, 6) is -2.26. The molecule has 0 saturated carbocycles. The summed E-state index contributed by atoms with van der Waals surface area (Å²) < 4.78 is 44.3. The Bertz CT molecular complexity index is 790. The molecule has 7 heteroatoms. The predicted octanol–water partition coefficient (Wildman–Crippen LogP) is 3.94. The number of halogens is 3. The maximum absolute atomic E-state index is 13.0. The van der Waals surface area contributed by atoms with Crippen molar-refractivity contribution in [2.45, 2.75) is 31.4 Å². The lowest BCUT2D eigenvalue weighted by molar-refractivity contribution is -0.137. The van der Waals surface area contributed by atoms with E-state index in [4.69, 9.17) is 10.1 Å². The van der Waals surface area contributed by atoms with Crippen LogP contribution in [-0.2, 0) is 15.7 Å². The van der Waals surface area contributed by atoms with E-state index in [1.165, 1.54) is 12.1 Å². The molecular formula is C17H13F3N2O2. The Labute approximate surface area is 136 Å². The Morgan fingerprint density at radius 2 is 2.04 bits per heavy atom. The molecule has 1 aliphatic heterocycles. The SMILES string of the molecule is N#CC1C(=N)OC2=C(C(=O)CCC2)C1c1cccc(C(F)(F)F)c1. The Hall–Kier alpha value is -2.62. The quantitative estimate of drug-likeness (QED) is 0.845. The molecule has 1 heterocycles. The van der Waals surface area contributed by atoms with Gasteiger partial charge in [0, 0.05) is 24.3 Å². The zero-order valence-corrected chi connectivity index (χ0v) is 12.5. The fourth-order valence-electron chi connectivity index (χ4n) is 3.20. The molecule has 3 rings (SSSR count). The number of Topliss-reactive ketones (excluding diaryl/α,β-unsaturated/α-hetero) is 1. The highest BCUT2D eigenvalue weighted by atomic mass is 19.4. The summed E-state index contributed by atoms with van der Waals surface area (Å²) in [5.41, 5.74) is -0.407. The summed E-state index contributed by atoms with van der Waals surface area (Å²) in [6, 6.07) is 6.48. The van der Waals surface area contributed by atoms with Crippen molar-refractivity contribution in [3.63, 3.8) is 0 Å². The van der Waals surface area contributed by atoms with Crippen molar-refractivity contribution < 1.29 is 22.7 Å². The van der Waals surface area contributed by atoms with Crippen molar-refractivity contribution in [3.8, 4) is 6.07 Å². The Balaban J connectivity index is 2.17. The van der Waals surface area contributed by atoms with Gasteiger partial charge in [-0.25, -0.2) is 0 Å². The van der Waals surface area contributed by atoms with E-state index in [-0.39, 0.29) is 29.2 Å². The van der Waals surface area contributed by atoms with Gasteiger partial charge in [0.2, 0.25) is 5.90 Å². The number of allylic oxidation sites excluding steroid dienone is 2. The smallest absolute Gasteiger partial charge is 0.416 e. The van der Waals surface area contributed by atoms with E-state index in [2.05, 4.69) is 0 Å². The van der Waals surface area contributed by atoms with Gasteiger partial charge in [-0.3, -0.25) is 10.2 Å². The summed E-state index contributed by atoms with van der Waals surface area (Å²) in [4.78, 5) is 12.3. The zero-order valence-electron chi connectivity index (χ0n) is 12.5. The van der Waals surface area contributed by atoms with Gasteiger partial charge in [-0.2, -0.15) is 18.4 Å². The number of alkyl halides is 3. The van der Waals surface area contributed by atoms with Crippen molar-refractivity contribution in [1.82, 2.24) is 0 Å². The van der Waals surface area contributed by atoms with E-state index >= 15 is 0 Å². The molecule has 1 aromatic carbocycles. The van der Waals surface area contributed by atoms with Crippen LogP contribution in [0.5, 0.6) is 0 Å². The van der Waals surface area contributed by atoms with Gasteiger partial charge >= 0.3 is 6.18 Å². The molecule has 124 valence electrons. The van der Waals surface area contributed by atoms with Gasteiger partial charge in [-0.1, -0.05) is 18.2 Å². The number of hydrogen-bond donors (Lipinski definition) is 1. The highest BCUT2D eigenvalue weighted by molar-refractivity contribution is 6.01. The van der Waals surface area contributed by atoms with Crippen molar-refractivity contribution in [2.75, 3.05) is 0 Å². The molecule has 0 saturated heterocycles. The topological polar surface area (TPSA) is 73.9 Å². The fraction of sp³-hybridized carbons (Fsp3) is 0.353. The number of hydrogen-bond acceptors (Lipinski definition) is 4. The Morgan fingerprint density at radius 3 is 2.71 bits per heavy atom. The van der Waals surface area contributed by atoms with Gasteiger partial charge in [0.1, 0.15) is 11.7 Å². The summed E-state index contributed by atoms with van der Waals surface area (Å²) in [7, 11) is 0. The number of nitriles is 1. The van der Waals surface area contributed by atoms with Gasteiger partial charge in [-0.05, 0) is 18.1 Å². The van der Waals surface area contributed by atoms with Gasteiger partial charge in [0.15, 0.2) is 5.78 Å². The molecular weight excluding hydrogens is 321 g/mol. The molecule has 1 aromatic rings. The lowest BCUT2D eigenvalue weighted by Gasteiger charge is -2.34. The molecule has 2 unspecified atom stereocenters. The second-order valence-electron chi connectivity index (χ2n) is 5.79. The van der Waals surface area contributed by atoms with Gasteiger partial charge < -0.3 is 4.74 Å². The van der Waals surface area contributed by atoms with Crippen LogP contribution in [0, 0.1) is 22.7 Å². The molecule has 0 amide bonds. The zero-order chi connectivity index (χ0) is 17.5. The van der Waals surface area contributed by atoms with E-state index in [1.807, 2.05) is 6.07 Å². The minimum atomic E-state index is -4.52. The summed E-state index contributed by atoms with van der Waals surface area (Å²) in [5, 5.41) is 17.3. The molecule has 0 bridgehead atoms. The monoisotopic (exact) mass is 334 g/mol. The first-order valence-corrected chi connectivity index (χ1v) is 7.42. The molecule has 2 atom stereocenters. The van der Waals surface area contributed by atoms with Crippen molar-refractivity contribution in [1.29, 1.82) is 10.7 Å². The summed E-state index contributed by atoms with van der Waals surface area (Å²) in [6.07, 6.45) is -3.25. The Kier molecular flexibility index (Phi) is 3.91. The average molecular weight is 334 g/mol. The standard InChI is InChI=1S/C17H13F3N2O2/c18-17(19,20)10-4-1-3-9(7-10)14-11(8-21)16(22)24-13-6-2-5-12(23)15(13)14/h1,3-4,7,11,14,22H,2,5-6H2. The largest absolute Gasteiger partial charge is 0.446 e. The molecule has 4 nitrogen and oxygen atoms in total. The van der Waals surface area contributed by atoms with Crippen LogP contribution >= 0.6 is 0 Å². The van der Waals surface area contributed by atoms with Crippen LogP contribution in [0.15, 0.2) is 35.6 Å². The fourth-order valence-corrected chi connectivity index (χ4v) is 3.20. The number of benzene rings is 1. The first-order chi connectivity index (χ1) is 11.3. The normalized spacial score (nSPS) is 24.2. The van der Waals surface area contributed by atoms with Crippen LogP contribution < -0.4 is 0 Å². The Morgan fingerprint density at radius 1 is 1.29 bits per heavy atom. The van der Waals surface area contributed by atoms with Gasteiger partial charge in [0.25, 0.3) is 0 Å². The molecule has 2 aliphatic rings. The molecule has 0 radical (unpaired) electrons. The molecule has 0 aromatic heterocycles.